The summed E-state index contributed by atoms with van der Waals surface area (Å²) in [5.41, 5.74) is 0.152. The third-order valence-corrected chi connectivity index (χ3v) is 2.87. The van der Waals surface area contributed by atoms with Crippen molar-refractivity contribution in [3.63, 3.8) is 0 Å². The number of hydrogen-bond acceptors (Lipinski definition) is 3. The molecule has 0 radical (unpaired) electrons. The van der Waals surface area contributed by atoms with Gasteiger partial charge in [0.2, 0.25) is 5.91 Å². The Morgan fingerprint density at radius 1 is 1.30 bits per heavy atom. The number of carboxylic acids is 1. The Hall–Kier alpha value is -2.09. The van der Waals surface area contributed by atoms with Gasteiger partial charge in [-0.15, -0.1) is 0 Å². The summed E-state index contributed by atoms with van der Waals surface area (Å²) in [7, 11) is 1.50. The van der Waals surface area contributed by atoms with Crippen LogP contribution >= 0.6 is 15.9 Å². The Morgan fingerprint density at radius 2 is 2.00 bits per heavy atom. The van der Waals surface area contributed by atoms with Crippen LogP contribution in [0.1, 0.15) is 16.8 Å². The van der Waals surface area contributed by atoms with Gasteiger partial charge in [-0.3, -0.25) is 4.79 Å². The van der Waals surface area contributed by atoms with E-state index < -0.39 is 12.0 Å². The van der Waals surface area contributed by atoms with E-state index in [-0.39, 0.29) is 30.1 Å². The Bertz CT molecular complexity index is 533. The lowest BCUT2D eigenvalue weighted by atomic mass is 10.2. The van der Waals surface area contributed by atoms with Crippen molar-refractivity contribution < 1.29 is 19.5 Å². The quantitative estimate of drug-likeness (QED) is 0.648. The highest BCUT2D eigenvalue weighted by Gasteiger charge is 2.12. The molecule has 0 spiro atoms. The normalized spacial score (nSPS) is 9.70. The molecule has 1 aromatic rings. The van der Waals surface area contributed by atoms with E-state index in [4.69, 9.17) is 5.11 Å². The van der Waals surface area contributed by atoms with Gasteiger partial charge in [0.25, 0.3) is 0 Å². The van der Waals surface area contributed by atoms with Crippen molar-refractivity contribution in [1.82, 2.24) is 10.6 Å². The van der Waals surface area contributed by atoms with Gasteiger partial charge in [0, 0.05) is 24.5 Å². The number of amides is 3. The van der Waals surface area contributed by atoms with Crippen molar-refractivity contribution in [3.8, 4) is 0 Å². The topological polar surface area (TPSA) is 108 Å². The number of aromatic carboxylic acids is 1. The number of benzene rings is 1. The first-order valence-corrected chi connectivity index (χ1v) is 6.51. The van der Waals surface area contributed by atoms with Crippen LogP contribution in [-0.4, -0.2) is 36.6 Å². The van der Waals surface area contributed by atoms with Crippen LogP contribution in [0, 0.1) is 0 Å². The molecule has 0 saturated heterocycles. The van der Waals surface area contributed by atoms with E-state index in [2.05, 4.69) is 31.9 Å². The second-order valence-corrected chi connectivity index (χ2v) is 4.71. The molecular formula is C12H14BrN3O4. The minimum atomic E-state index is -1.14. The van der Waals surface area contributed by atoms with Gasteiger partial charge in [-0.2, -0.15) is 0 Å². The molecule has 7 nitrogen and oxygen atoms in total. The van der Waals surface area contributed by atoms with Gasteiger partial charge in [0.05, 0.1) is 11.3 Å². The number of carboxylic acid groups (broad SMARTS) is 1. The first-order valence-electron chi connectivity index (χ1n) is 5.72. The minimum Gasteiger partial charge on any atom is -0.478 e. The number of hydrogen-bond donors (Lipinski definition) is 4. The molecule has 0 aliphatic carbocycles. The molecule has 0 aliphatic rings. The molecule has 4 N–H and O–H groups in total. The summed E-state index contributed by atoms with van der Waals surface area (Å²) in [6, 6.07) is 3.86. The summed E-state index contributed by atoms with van der Waals surface area (Å²) in [6.45, 7) is 0.155. The molecule has 0 aliphatic heterocycles. The monoisotopic (exact) mass is 343 g/mol. The molecule has 1 rings (SSSR count). The smallest absolute Gasteiger partial charge is 0.337 e. The van der Waals surface area contributed by atoms with Crippen molar-refractivity contribution in [3.05, 3.63) is 28.2 Å². The second-order valence-electron chi connectivity index (χ2n) is 3.80. The molecule has 0 unspecified atom stereocenters. The molecule has 0 atom stereocenters. The van der Waals surface area contributed by atoms with Gasteiger partial charge >= 0.3 is 12.0 Å². The van der Waals surface area contributed by atoms with Gasteiger partial charge in [-0.1, -0.05) is 15.9 Å². The van der Waals surface area contributed by atoms with E-state index in [0.717, 1.165) is 0 Å². The van der Waals surface area contributed by atoms with Crippen molar-refractivity contribution in [2.75, 3.05) is 18.9 Å². The first kappa shape index (κ1) is 16.0. The van der Waals surface area contributed by atoms with Crippen LogP contribution in [0.2, 0.25) is 0 Å². The molecule has 0 bridgehead atoms. The van der Waals surface area contributed by atoms with E-state index in [1.807, 2.05) is 0 Å². The lowest BCUT2D eigenvalue weighted by molar-refractivity contribution is -0.120. The fourth-order valence-electron chi connectivity index (χ4n) is 1.39. The maximum atomic E-state index is 11.6. The number of carbonyl (C=O) groups excluding carboxylic acids is 2. The predicted octanol–water partition coefficient (Wildman–Crippen LogP) is 1.40. The summed E-state index contributed by atoms with van der Waals surface area (Å²) in [4.78, 5) is 33.6. The molecule has 108 valence electrons. The Labute approximate surface area is 123 Å². The highest BCUT2D eigenvalue weighted by atomic mass is 79.9. The second kappa shape index (κ2) is 7.49. The number of halogens is 1. The summed E-state index contributed by atoms with van der Waals surface area (Å²) in [5, 5.41) is 16.3. The van der Waals surface area contributed by atoms with Gasteiger partial charge in [0.15, 0.2) is 0 Å². The molecule has 0 fully saturated rings. The third kappa shape index (κ3) is 4.88. The zero-order valence-corrected chi connectivity index (χ0v) is 12.3. The number of carbonyl (C=O) groups is 3. The lowest BCUT2D eigenvalue weighted by Gasteiger charge is -2.10. The summed E-state index contributed by atoms with van der Waals surface area (Å²) < 4.78 is 0.642. The highest BCUT2D eigenvalue weighted by molar-refractivity contribution is 9.10. The fraction of sp³-hybridized carbons (Fsp3) is 0.250. The Kier molecular flexibility index (Phi) is 5.98. The minimum absolute atomic E-state index is 0.0188. The van der Waals surface area contributed by atoms with E-state index in [0.29, 0.717) is 4.47 Å². The first-order chi connectivity index (χ1) is 9.43. The van der Waals surface area contributed by atoms with Crippen LogP contribution in [0.4, 0.5) is 10.5 Å². The highest BCUT2D eigenvalue weighted by Crippen LogP contribution is 2.21. The molecule has 1 aromatic carbocycles. The number of nitrogens with one attached hydrogen (secondary N) is 3. The van der Waals surface area contributed by atoms with E-state index in [1.54, 1.807) is 6.07 Å². The van der Waals surface area contributed by atoms with Gasteiger partial charge in [0.1, 0.15) is 0 Å². The Balaban J connectivity index is 2.63. The van der Waals surface area contributed by atoms with Crippen LogP contribution in [0.25, 0.3) is 0 Å². The van der Waals surface area contributed by atoms with Crippen LogP contribution in [0.5, 0.6) is 0 Å². The van der Waals surface area contributed by atoms with E-state index in [9.17, 15) is 14.4 Å². The van der Waals surface area contributed by atoms with E-state index in [1.165, 1.54) is 19.2 Å². The maximum Gasteiger partial charge on any atom is 0.337 e. The number of rotatable bonds is 5. The zero-order chi connectivity index (χ0) is 15.1. The average molecular weight is 344 g/mol. The lowest BCUT2D eigenvalue weighted by Crippen LogP contribution is -2.32. The van der Waals surface area contributed by atoms with Gasteiger partial charge in [-0.25, -0.2) is 9.59 Å². The SMILES string of the molecule is CNC(=O)CCNC(=O)Nc1cc(Br)ccc1C(=O)O. The number of urea groups is 1. The number of anilines is 1. The van der Waals surface area contributed by atoms with Crippen LogP contribution < -0.4 is 16.0 Å². The molecule has 0 heterocycles. The average Bonchev–Trinajstić information content (AvgIpc) is 2.38. The van der Waals surface area contributed by atoms with Crippen LogP contribution in [0.15, 0.2) is 22.7 Å². The third-order valence-electron chi connectivity index (χ3n) is 2.38. The molecule has 3 amide bonds. The van der Waals surface area contributed by atoms with Crippen molar-refractivity contribution >= 4 is 39.5 Å². The van der Waals surface area contributed by atoms with E-state index >= 15 is 0 Å². The van der Waals surface area contributed by atoms with Crippen molar-refractivity contribution in [2.45, 2.75) is 6.42 Å². The summed E-state index contributed by atoms with van der Waals surface area (Å²) in [6.07, 6.45) is 0.147. The molecule has 8 heteroatoms. The zero-order valence-electron chi connectivity index (χ0n) is 10.7. The molecule has 20 heavy (non-hydrogen) atoms. The van der Waals surface area contributed by atoms with Gasteiger partial charge in [-0.05, 0) is 18.2 Å². The van der Waals surface area contributed by atoms with Crippen LogP contribution in [-0.2, 0) is 4.79 Å². The Morgan fingerprint density at radius 3 is 2.60 bits per heavy atom. The van der Waals surface area contributed by atoms with Crippen LogP contribution in [0.3, 0.4) is 0 Å². The van der Waals surface area contributed by atoms with Crippen molar-refractivity contribution in [1.29, 1.82) is 0 Å². The molecular weight excluding hydrogens is 330 g/mol. The largest absolute Gasteiger partial charge is 0.478 e. The summed E-state index contributed by atoms with van der Waals surface area (Å²) >= 11 is 3.20. The molecule has 0 saturated carbocycles. The summed E-state index contributed by atoms with van der Waals surface area (Å²) in [5.74, 6) is -1.34. The van der Waals surface area contributed by atoms with Crippen molar-refractivity contribution in [2.24, 2.45) is 0 Å². The maximum absolute atomic E-state index is 11.6. The standard InChI is InChI=1S/C12H14BrN3O4/c1-14-10(17)4-5-15-12(20)16-9-6-7(13)2-3-8(9)11(18)19/h2-3,6H,4-5H2,1H3,(H,14,17)(H,18,19)(H2,15,16,20). The predicted molar refractivity (Wildman–Crippen MR) is 76.8 cm³/mol. The molecule has 0 aromatic heterocycles. The fourth-order valence-corrected chi connectivity index (χ4v) is 1.75. The van der Waals surface area contributed by atoms with Gasteiger partial charge < -0.3 is 21.1 Å².